The van der Waals surface area contributed by atoms with Crippen molar-refractivity contribution in [1.29, 1.82) is 0 Å². The van der Waals surface area contributed by atoms with Crippen LogP contribution in [0.5, 0.6) is 0 Å². The number of carbonyl (C=O) groups is 2. The molecule has 0 spiro atoms. The Morgan fingerprint density at radius 3 is 1.36 bits per heavy atom. The molecule has 0 heterocycles. The number of carbonyl (C=O) groups excluding carboxylic acids is 2. The van der Waals surface area contributed by atoms with Gasteiger partial charge in [0.25, 0.3) is 7.82 Å². The van der Waals surface area contributed by atoms with Gasteiger partial charge < -0.3 is 28.5 Å². The predicted octanol–water partition coefficient (Wildman–Crippen LogP) is 17.8. The van der Waals surface area contributed by atoms with E-state index in [1.807, 2.05) is 33.3 Å². The predicted molar refractivity (Wildman–Crippen MR) is 312 cm³/mol. The van der Waals surface area contributed by atoms with E-state index in [1.54, 1.807) is 0 Å². The molecule has 0 aliphatic heterocycles. The highest BCUT2D eigenvalue weighted by Crippen LogP contribution is 2.38. The number of unbranched alkanes of at least 4 members (excludes halogenated alkanes) is 29. The first kappa shape index (κ1) is 70.5. The first-order valence-corrected chi connectivity index (χ1v) is 31.7. The van der Waals surface area contributed by atoms with Gasteiger partial charge in [-0.1, -0.05) is 229 Å². The van der Waals surface area contributed by atoms with Gasteiger partial charge in [0.2, 0.25) is 5.91 Å². The minimum Gasteiger partial charge on any atom is -0.756 e. The Morgan fingerprint density at radius 2 is 0.877 bits per heavy atom. The Morgan fingerprint density at radius 1 is 0.493 bits per heavy atom. The second-order valence-electron chi connectivity index (χ2n) is 21.5. The zero-order valence-electron chi connectivity index (χ0n) is 48.3. The summed E-state index contributed by atoms with van der Waals surface area (Å²) < 4.78 is 30.3. The van der Waals surface area contributed by atoms with E-state index >= 15 is 0 Å². The second-order valence-corrected chi connectivity index (χ2v) is 22.9. The molecule has 0 aliphatic carbocycles. The zero-order chi connectivity index (χ0) is 53.6. The van der Waals surface area contributed by atoms with Gasteiger partial charge in [-0.3, -0.25) is 14.2 Å². The van der Waals surface area contributed by atoms with Crippen molar-refractivity contribution < 1.29 is 37.3 Å². The molecule has 73 heavy (non-hydrogen) atoms. The van der Waals surface area contributed by atoms with Crippen molar-refractivity contribution in [1.82, 2.24) is 5.32 Å². The standard InChI is InChI=1S/C63H115N2O7P/c1-7-10-13-16-19-22-25-28-30-31-32-33-35-37-40-43-46-49-52-55-62(66)64-60(59-71-73(68,69)70-58-57-65(4,5)6)61(54-51-48-45-42-39-36-27-24-21-18-15-12-9-3)72-63(67)56-53-50-47-44-41-38-34-29-26-23-20-17-14-11-8-2/h19-20,22-23,26,28-30,32-33,51,54,60-61H,7-18,21,24-25,27,31,34-50,52-53,55-59H2,1-6H3,(H-,64,66,68,69)/b22-19-,23-20+,29-26+,30-28-,33-32-,54-51-. The number of rotatable bonds is 54. The SMILES string of the molecule is CCCCC/C=C\C/C=C\C/C=C\CCCCCCCCC(=O)NC(COP(=O)([O-])OCC[N+](C)(C)C)C(/C=C\CCCCCCCCCCCCC)OC(=O)CCCCCCCC/C=C/C=C/CCCCC. The lowest BCUT2D eigenvalue weighted by Gasteiger charge is -2.30. The Hall–Kier alpha value is -2.55. The molecule has 0 radical (unpaired) electrons. The minimum atomic E-state index is -4.71. The lowest BCUT2D eigenvalue weighted by atomic mass is 10.0. The van der Waals surface area contributed by atoms with Crippen LogP contribution in [-0.2, 0) is 27.9 Å². The van der Waals surface area contributed by atoms with E-state index in [0.29, 0.717) is 23.9 Å². The number of allylic oxidation sites excluding steroid dienone is 11. The number of esters is 1. The number of phosphoric ester groups is 1. The average molecular weight is 1040 g/mol. The van der Waals surface area contributed by atoms with Crippen molar-refractivity contribution in [3.05, 3.63) is 72.9 Å². The summed E-state index contributed by atoms with van der Waals surface area (Å²) >= 11 is 0. The van der Waals surface area contributed by atoms with Gasteiger partial charge in [-0.25, -0.2) is 0 Å². The Bertz CT molecular complexity index is 1480. The summed E-state index contributed by atoms with van der Waals surface area (Å²) in [5.41, 5.74) is 0. The van der Waals surface area contributed by atoms with Gasteiger partial charge >= 0.3 is 5.97 Å². The van der Waals surface area contributed by atoms with Crippen molar-refractivity contribution in [3.8, 4) is 0 Å². The van der Waals surface area contributed by atoms with Gasteiger partial charge in [0.1, 0.15) is 19.3 Å². The van der Waals surface area contributed by atoms with Crippen molar-refractivity contribution >= 4 is 19.7 Å². The summed E-state index contributed by atoms with van der Waals surface area (Å²) in [5, 5.41) is 3.02. The molecule has 0 aromatic heterocycles. The molecule has 424 valence electrons. The number of nitrogens with one attached hydrogen (secondary N) is 1. The Labute approximate surface area is 451 Å². The molecule has 0 rings (SSSR count). The summed E-state index contributed by atoms with van der Waals surface area (Å²) in [4.78, 5) is 39.9. The van der Waals surface area contributed by atoms with Crippen LogP contribution in [0.1, 0.15) is 265 Å². The summed E-state index contributed by atoms with van der Waals surface area (Å²) in [6.45, 7) is 6.77. The number of hydrogen-bond donors (Lipinski definition) is 1. The molecular weight excluding hydrogens is 928 g/mol. The normalized spacial score (nSPS) is 14.2. The molecule has 1 amide bonds. The number of nitrogens with zero attached hydrogens (tertiary/aromatic N) is 1. The smallest absolute Gasteiger partial charge is 0.306 e. The molecule has 3 atom stereocenters. The molecule has 3 unspecified atom stereocenters. The Kier molecular flexibility index (Phi) is 51.0. The van der Waals surface area contributed by atoms with E-state index < -0.39 is 26.6 Å². The summed E-state index contributed by atoms with van der Waals surface area (Å²) in [6.07, 6.45) is 67.1. The third kappa shape index (κ3) is 54.1. The van der Waals surface area contributed by atoms with Crippen LogP contribution >= 0.6 is 7.82 Å². The van der Waals surface area contributed by atoms with Crippen molar-refractivity contribution in [2.24, 2.45) is 0 Å². The molecule has 0 saturated heterocycles. The van der Waals surface area contributed by atoms with Gasteiger partial charge in [-0.05, 0) is 96.0 Å². The maximum atomic E-state index is 13.5. The highest BCUT2D eigenvalue weighted by atomic mass is 31.2. The molecule has 10 heteroatoms. The van der Waals surface area contributed by atoms with E-state index in [1.165, 1.54) is 109 Å². The van der Waals surface area contributed by atoms with Crippen molar-refractivity contribution in [2.75, 3.05) is 40.9 Å². The fraction of sp³-hybridized carbons (Fsp3) is 0.778. The average Bonchev–Trinajstić information content (AvgIpc) is 3.35. The molecule has 0 aromatic carbocycles. The molecule has 0 saturated carbocycles. The topological polar surface area (TPSA) is 114 Å². The third-order valence-electron chi connectivity index (χ3n) is 13.1. The molecule has 1 N–H and O–H groups in total. The monoisotopic (exact) mass is 1040 g/mol. The highest BCUT2D eigenvalue weighted by molar-refractivity contribution is 7.45. The van der Waals surface area contributed by atoms with Crippen molar-refractivity contribution in [2.45, 2.75) is 277 Å². The molecule has 9 nitrogen and oxygen atoms in total. The summed E-state index contributed by atoms with van der Waals surface area (Å²) in [6, 6.07) is -0.902. The number of phosphoric acid groups is 1. The fourth-order valence-corrected chi connectivity index (χ4v) is 9.12. The van der Waals surface area contributed by atoms with Crippen LogP contribution in [0.15, 0.2) is 72.9 Å². The zero-order valence-corrected chi connectivity index (χ0v) is 49.2. The van der Waals surface area contributed by atoms with Crippen LogP contribution < -0.4 is 10.2 Å². The van der Waals surface area contributed by atoms with Gasteiger partial charge in [-0.15, -0.1) is 0 Å². The number of likely N-dealkylation sites (N-methyl/N-ethyl adjacent to an activating group) is 1. The minimum absolute atomic E-state index is 0.0294. The second kappa shape index (κ2) is 52.9. The van der Waals surface area contributed by atoms with E-state index in [-0.39, 0.29) is 24.9 Å². The largest absolute Gasteiger partial charge is 0.756 e. The lowest BCUT2D eigenvalue weighted by molar-refractivity contribution is -0.870. The first-order valence-electron chi connectivity index (χ1n) is 30.3. The molecule has 0 fully saturated rings. The first-order chi connectivity index (χ1) is 35.4. The Balaban J connectivity index is 5.36. The summed E-state index contributed by atoms with van der Waals surface area (Å²) in [7, 11) is 1.16. The number of hydrogen-bond acceptors (Lipinski definition) is 7. The fourth-order valence-electron chi connectivity index (χ4n) is 8.40. The van der Waals surface area contributed by atoms with Crippen LogP contribution in [0, 0.1) is 0 Å². The maximum Gasteiger partial charge on any atom is 0.306 e. The van der Waals surface area contributed by atoms with Crippen LogP contribution in [-0.4, -0.2) is 69.4 Å². The molecular formula is C63H115N2O7P. The van der Waals surface area contributed by atoms with Crippen molar-refractivity contribution in [3.63, 3.8) is 0 Å². The third-order valence-corrected chi connectivity index (χ3v) is 14.1. The molecule has 0 aliphatic rings. The lowest BCUT2D eigenvalue weighted by Crippen LogP contribution is -2.47. The van der Waals surface area contributed by atoms with E-state index in [4.69, 9.17) is 13.8 Å². The van der Waals surface area contributed by atoms with Gasteiger partial charge in [0.15, 0.2) is 0 Å². The van der Waals surface area contributed by atoms with E-state index in [2.05, 4.69) is 86.8 Å². The highest BCUT2D eigenvalue weighted by Gasteiger charge is 2.27. The van der Waals surface area contributed by atoms with Crippen LogP contribution in [0.2, 0.25) is 0 Å². The van der Waals surface area contributed by atoms with Crippen LogP contribution in [0.25, 0.3) is 0 Å². The van der Waals surface area contributed by atoms with Gasteiger partial charge in [0, 0.05) is 12.8 Å². The maximum absolute atomic E-state index is 13.5. The quantitative estimate of drug-likeness (QED) is 0.0161. The van der Waals surface area contributed by atoms with Crippen LogP contribution in [0.4, 0.5) is 0 Å². The molecule has 0 bridgehead atoms. The van der Waals surface area contributed by atoms with Gasteiger partial charge in [-0.2, -0.15) is 0 Å². The van der Waals surface area contributed by atoms with Crippen LogP contribution in [0.3, 0.4) is 0 Å². The molecule has 0 aromatic rings. The van der Waals surface area contributed by atoms with E-state index in [9.17, 15) is 19.0 Å². The number of amides is 1. The number of quaternary nitrogens is 1. The van der Waals surface area contributed by atoms with Gasteiger partial charge in [0.05, 0.1) is 33.8 Å². The number of ether oxygens (including phenoxy) is 1. The van der Waals surface area contributed by atoms with E-state index in [0.717, 1.165) is 116 Å². The summed E-state index contributed by atoms with van der Waals surface area (Å²) in [5.74, 6) is -0.568.